The number of pyridine rings is 1. The van der Waals surface area contributed by atoms with Crippen molar-refractivity contribution in [3.8, 4) is 0 Å². The van der Waals surface area contributed by atoms with Gasteiger partial charge in [-0.3, -0.25) is 9.59 Å². The van der Waals surface area contributed by atoms with Crippen LogP contribution in [0.5, 0.6) is 0 Å². The first kappa shape index (κ1) is 25.3. The molecule has 0 radical (unpaired) electrons. The van der Waals surface area contributed by atoms with Gasteiger partial charge in [0.05, 0.1) is 7.14 Å². The first-order valence-corrected chi connectivity index (χ1v) is 14.4. The molecule has 174 valence electrons. The van der Waals surface area contributed by atoms with Crippen molar-refractivity contribution < 1.29 is 22.6 Å². The number of nitrogens with zero attached hydrogens (tertiary/aromatic N) is 2. The van der Waals surface area contributed by atoms with E-state index in [0.29, 0.717) is 31.4 Å². The van der Waals surface area contributed by atoms with Gasteiger partial charge in [0.1, 0.15) is 10.7 Å². The van der Waals surface area contributed by atoms with Crippen LogP contribution in [-0.4, -0.2) is 64.3 Å². The molecule has 1 aromatic rings. The number of aryl methyl sites for hydroxylation is 1. The number of nitrogens with one attached hydrogen (secondary N) is 1. The van der Waals surface area contributed by atoms with E-state index in [4.69, 9.17) is 11.5 Å². The maximum atomic E-state index is 13.0. The molecule has 0 bridgehead atoms. The lowest BCUT2D eigenvalue weighted by molar-refractivity contribution is -0.121. The average Bonchev–Trinajstić information content (AvgIpc) is 2.98. The van der Waals surface area contributed by atoms with E-state index >= 15 is 0 Å². The zero-order valence-corrected chi connectivity index (χ0v) is 19.9. The van der Waals surface area contributed by atoms with Gasteiger partial charge < -0.3 is 20.9 Å². The largest absolute Gasteiger partial charge is 0.370 e. The molecule has 5 N–H and O–H groups in total. The van der Waals surface area contributed by atoms with Crippen LogP contribution < -0.4 is 21.1 Å². The summed E-state index contributed by atoms with van der Waals surface area (Å²) in [5, 5.41) is 0. The highest BCUT2D eigenvalue weighted by molar-refractivity contribution is 7.89. The number of aromatic nitrogens is 1. The number of hydrogen-bond acceptors (Lipinski definition) is 7. The Kier molecular flexibility index (Phi) is 8.24. The van der Waals surface area contributed by atoms with E-state index < -0.39 is 29.0 Å². The predicted octanol–water partition coefficient (Wildman–Crippen LogP) is 0.484. The molecule has 10 nitrogen and oxygen atoms in total. The molecule has 2 rings (SSSR count). The van der Waals surface area contributed by atoms with Crippen LogP contribution in [-0.2, 0) is 24.2 Å². The van der Waals surface area contributed by atoms with Crippen LogP contribution in [0.25, 0.3) is 0 Å². The van der Waals surface area contributed by atoms with Crippen molar-refractivity contribution >= 4 is 34.8 Å². The van der Waals surface area contributed by atoms with Gasteiger partial charge in [0.15, 0.2) is 0 Å². The Labute approximate surface area is 183 Å². The number of primary amides is 2. The summed E-state index contributed by atoms with van der Waals surface area (Å²) in [6.07, 6.45) is 1.07. The van der Waals surface area contributed by atoms with Crippen molar-refractivity contribution in [1.82, 2.24) is 9.71 Å². The molecule has 2 atom stereocenters. The summed E-state index contributed by atoms with van der Waals surface area (Å²) in [7, 11) is -6.09. The molecule has 0 spiro atoms. The summed E-state index contributed by atoms with van der Waals surface area (Å²) in [6, 6.07) is 3.11. The second-order valence-corrected chi connectivity index (χ2v) is 13.9. The van der Waals surface area contributed by atoms with Crippen molar-refractivity contribution in [3.63, 3.8) is 0 Å². The Bertz CT molecular complexity index is 954. The maximum Gasteiger partial charge on any atom is 0.244 e. The minimum Gasteiger partial charge on any atom is -0.370 e. The molecule has 1 aliphatic rings. The van der Waals surface area contributed by atoms with Gasteiger partial charge in [-0.15, -0.1) is 0 Å². The van der Waals surface area contributed by atoms with Gasteiger partial charge in [-0.25, -0.2) is 18.1 Å². The highest BCUT2D eigenvalue weighted by atomic mass is 32.2. The molecule has 0 saturated carbocycles. The third-order valence-corrected chi connectivity index (χ3v) is 8.11. The molecule has 2 heterocycles. The Hall–Kier alpha value is -1.97. The monoisotopic (exact) mass is 473 g/mol. The smallest absolute Gasteiger partial charge is 0.244 e. The summed E-state index contributed by atoms with van der Waals surface area (Å²) < 4.78 is 40.3. The zero-order chi connectivity index (χ0) is 23.4. The highest BCUT2D eigenvalue weighted by Gasteiger charge is 2.37. The Morgan fingerprint density at radius 2 is 1.71 bits per heavy atom. The average molecular weight is 474 g/mol. The van der Waals surface area contributed by atoms with Crippen LogP contribution >= 0.6 is 7.14 Å². The van der Waals surface area contributed by atoms with Crippen molar-refractivity contribution in [2.75, 3.05) is 44.0 Å². The first-order chi connectivity index (χ1) is 14.3. The summed E-state index contributed by atoms with van der Waals surface area (Å²) >= 11 is 0. The van der Waals surface area contributed by atoms with E-state index in [1.165, 1.54) is 6.07 Å². The Balaban J connectivity index is 2.26. The molecule has 0 aliphatic carbocycles. The zero-order valence-electron chi connectivity index (χ0n) is 18.2. The molecule has 0 aromatic carbocycles. The van der Waals surface area contributed by atoms with Crippen LogP contribution in [0.15, 0.2) is 17.0 Å². The number of anilines is 1. The van der Waals surface area contributed by atoms with E-state index in [1.807, 2.05) is 0 Å². The molecule has 1 fully saturated rings. The van der Waals surface area contributed by atoms with E-state index in [9.17, 15) is 22.6 Å². The molecular formula is C19H32N5O5PS. The van der Waals surface area contributed by atoms with Gasteiger partial charge in [-0.05, 0) is 50.6 Å². The summed E-state index contributed by atoms with van der Waals surface area (Å²) in [4.78, 5) is 29.2. The summed E-state index contributed by atoms with van der Waals surface area (Å²) in [5.74, 6) is -1.15. The van der Waals surface area contributed by atoms with Gasteiger partial charge in [0.2, 0.25) is 21.8 Å². The number of sulfonamides is 1. The third kappa shape index (κ3) is 7.59. The molecular weight excluding hydrogens is 441 g/mol. The lowest BCUT2D eigenvalue weighted by atomic mass is 9.90. The lowest BCUT2D eigenvalue weighted by Gasteiger charge is -2.21. The van der Waals surface area contributed by atoms with Crippen LogP contribution in [0, 0.1) is 18.8 Å². The Morgan fingerprint density at radius 1 is 1.16 bits per heavy atom. The van der Waals surface area contributed by atoms with Crippen molar-refractivity contribution in [3.05, 3.63) is 17.8 Å². The van der Waals surface area contributed by atoms with Gasteiger partial charge in [-0.1, -0.05) is 0 Å². The van der Waals surface area contributed by atoms with Crippen LogP contribution in [0.1, 0.15) is 25.0 Å². The highest BCUT2D eigenvalue weighted by Crippen LogP contribution is 2.36. The maximum absolute atomic E-state index is 13.0. The number of hydrogen-bond donors (Lipinski definition) is 3. The standard InChI is InChI=1S/C19H32N5O5PS/c1-13-5-6-16(31(28,29)22-7-4-8-30(2,3)27)19(23-13)24-11-14(9-17(20)25)15(12-24)10-18(21)26/h5-6,14-15,22H,4,7-12H2,1-3H3,(H2,20,25)(H2,21,26)/t14-,15-/m1/s1. The van der Waals surface area contributed by atoms with E-state index in [-0.39, 0.29) is 41.9 Å². The second kappa shape index (κ2) is 10.1. The topological polar surface area (TPSA) is 166 Å². The fraction of sp³-hybridized carbons (Fsp3) is 0.632. The minimum atomic E-state index is -3.87. The lowest BCUT2D eigenvalue weighted by Crippen LogP contribution is -2.30. The quantitative estimate of drug-likeness (QED) is 0.310. The van der Waals surface area contributed by atoms with Crippen molar-refractivity contribution in [2.45, 2.75) is 31.1 Å². The van der Waals surface area contributed by atoms with Gasteiger partial charge >= 0.3 is 0 Å². The molecule has 1 saturated heterocycles. The summed E-state index contributed by atoms with van der Waals surface area (Å²) in [6.45, 7) is 5.94. The fourth-order valence-corrected chi connectivity index (χ4v) is 5.95. The molecule has 1 aliphatic heterocycles. The van der Waals surface area contributed by atoms with Crippen molar-refractivity contribution in [1.29, 1.82) is 0 Å². The van der Waals surface area contributed by atoms with E-state index in [2.05, 4.69) is 9.71 Å². The van der Waals surface area contributed by atoms with Crippen LogP contribution in [0.2, 0.25) is 0 Å². The SMILES string of the molecule is Cc1ccc(S(=O)(=O)NCCCP(C)(C)=O)c(N2C[C@@H](CC(N)=O)[C@H](CC(N)=O)C2)n1. The molecule has 12 heteroatoms. The minimum absolute atomic E-state index is 0.0202. The number of rotatable bonds is 11. The normalized spacial score (nSPS) is 19.5. The van der Waals surface area contributed by atoms with Crippen LogP contribution in [0.3, 0.4) is 0 Å². The first-order valence-electron chi connectivity index (χ1n) is 10.1. The predicted molar refractivity (Wildman–Crippen MR) is 120 cm³/mol. The van der Waals surface area contributed by atoms with Gasteiger partial charge in [0, 0.05) is 44.3 Å². The molecule has 2 amide bonds. The molecule has 0 unspecified atom stereocenters. The molecule has 1 aromatic heterocycles. The second-order valence-electron chi connectivity index (χ2n) is 8.59. The molecule has 31 heavy (non-hydrogen) atoms. The van der Waals surface area contributed by atoms with E-state index in [0.717, 1.165) is 0 Å². The van der Waals surface area contributed by atoms with Crippen molar-refractivity contribution in [2.24, 2.45) is 23.3 Å². The van der Waals surface area contributed by atoms with Gasteiger partial charge in [-0.2, -0.15) is 0 Å². The number of amides is 2. The summed E-state index contributed by atoms with van der Waals surface area (Å²) in [5.41, 5.74) is 11.3. The fourth-order valence-electron chi connectivity index (χ4n) is 3.80. The number of carbonyl (C=O) groups is 2. The Morgan fingerprint density at radius 3 is 2.19 bits per heavy atom. The van der Waals surface area contributed by atoms with Crippen LogP contribution in [0.4, 0.5) is 5.82 Å². The number of nitrogens with two attached hydrogens (primary N) is 2. The van der Waals surface area contributed by atoms with Gasteiger partial charge in [0.25, 0.3) is 0 Å². The number of carbonyl (C=O) groups excluding carboxylic acids is 2. The third-order valence-electron chi connectivity index (χ3n) is 5.24. The van der Waals surface area contributed by atoms with E-state index in [1.54, 1.807) is 31.2 Å².